The third kappa shape index (κ3) is 5.50. The van der Waals surface area contributed by atoms with Crippen LogP contribution in [0.5, 0.6) is 11.5 Å². The molecule has 4 aliphatic heterocycles. The van der Waals surface area contributed by atoms with E-state index >= 15 is 0 Å². The number of carbonyl (C=O) groups excluding carboxylic acids is 1. The summed E-state index contributed by atoms with van der Waals surface area (Å²) in [5.41, 5.74) is 13.0. The number of anilines is 6. The molecule has 0 amide bonds. The molecule has 0 bridgehead atoms. The number of hydrogen-bond donors (Lipinski definition) is 0. The summed E-state index contributed by atoms with van der Waals surface area (Å²) in [6.07, 6.45) is 8.78. The van der Waals surface area contributed by atoms with Gasteiger partial charge >= 0.3 is 5.97 Å². The zero-order valence-electron chi connectivity index (χ0n) is 33.6. The number of ether oxygens (including phenoxy) is 2. The summed E-state index contributed by atoms with van der Waals surface area (Å²) in [5.74, 6) is 0.968. The summed E-state index contributed by atoms with van der Waals surface area (Å²) < 4.78 is 13.6. The van der Waals surface area contributed by atoms with Crippen LogP contribution < -0.4 is 14.5 Å². The first-order chi connectivity index (χ1) is 31.1. The number of rotatable bonds is 4. The van der Waals surface area contributed by atoms with Crippen LogP contribution in [0.4, 0.5) is 32.8 Å². The van der Waals surface area contributed by atoms with E-state index in [0.717, 1.165) is 92.6 Å². The van der Waals surface area contributed by atoms with Crippen LogP contribution in [0, 0.1) is 0 Å². The van der Waals surface area contributed by atoms with Crippen molar-refractivity contribution in [2.24, 2.45) is 0 Å². The fourth-order valence-corrected chi connectivity index (χ4v) is 11.7. The Kier molecular flexibility index (Phi) is 7.94. The molecule has 6 heterocycles. The Bertz CT molecular complexity index is 3140. The lowest BCUT2D eigenvalue weighted by Crippen LogP contribution is -2.33. The molecule has 7 aromatic carbocycles. The molecule has 63 heavy (non-hydrogen) atoms. The fourth-order valence-electron chi connectivity index (χ4n) is 9.61. The smallest absolute Gasteiger partial charge is 0.340 e. The van der Waals surface area contributed by atoms with Gasteiger partial charge in [0.25, 0.3) is 0 Å². The van der Waals surface area contributed by atoms with E-state index in [0.29, 0.717) is 17.1 Å². The van der Waals surface area contributed by atoms with Crippen LogP contribution in [0.2, 0.25) is 0 Å². The molecule has 0 unspecified atom stereocenters. The molecular formula is C56H34N2O3S2. The number of fused-ring (bicyclic) bond motifs is 10. The highest BCUT2D eigenvalue weighted by Gasteiger charge is 2.53. The fraction of sp³-hybridized carbons (Fsp3) is 0.0179. The van der Waals surface area contributed by atoms with Crippen LogP contribution in [0.25, 0.3) is 45.2 Å². The predicted octanol–water partition coefficient (Wildman–Crippen LogP) is 15.6. The number of benzene rings is 7. The number of esters is 1. The number of carbonyl (C=O) groups is 1. The Labute approximate surface area is 372 Å². The van der Waals surface area contributed by atoms with Gasteiger partial charge in [-0.3, -0.25) is 0 Å². The molecule has 9 aromatic rings. The van der Waals surface area contributed by atoms with Gasteiger partial charge in [-0.1, -0.05) is 127 Å². The van der Waals surface area contributed by atoms with Crippen molar-refractivity contribution in [3.8, 4) is 32.4 Å². The number of nitrogens with zero attached hydrogens (tertiary/aromatic N) is 2. The topological polar surface area (TPSA) is 42.0 Å². The average Bonchev–Trinajstić information content (AvgIpc) is 4.03. The van der Waals surface area contributed by atoms with Crippen molar-refractivity contribution in [3.05, 3.63) is 226 Å². The van der Waals surface area contributed by atoms with Crippen molar-refractivity contribution in [3.63, 3.8) is 0 Å². The Morgan fingerprint density at radius 1 is 0.413 bits per heavy atom. The summed E-state index contributed by atoms with van der Waals surface area (Å²) in [6.45, 7) is 0. The van der Waals surface area contributed by atoms with Crippen molar-refractivity contribution >= 4 is 85.7 Å². The van der Waals surface area contributed by atoms with Gasteiger partial charge in [0.2, 0.25) is 0 Å². The summed E-state index contributed by atoms with van der Waals surface area (Å²) in [7, 11) is 0. The molecule has 0 saturated heterocycles. The van der Waals surface area contributed by atoms with Crippen LogP contribution in [-0.2, 0) is 10.3 Å². The largest absolute Gasteiger partial charge is 0.456 e. The van der Waals surface area contributed by atoms with Gasteiger partial charge in [-0.15, -0.1) is 22.7 Å². The van der Waals surface area contributed by atoms with Crippen LogP contribution in [-0.4, -0.2) is 5.97 Å². The van der Waals surface area contributed by atoms with Crippen LogP contribution in [0.15, 0.2) is 182 Å². The molecule has 0 saturated carbocycles. The number of hydrogen-bond acceptors (Lipinski definition) is 7. The minimum atomic E-state index is -1.17. The quantitative estimate of drug-likeness (QED) is 0.165. The second kappa shape index (κ2) is 13.9. The molecule has 4 aliphatic rings. The van der Waals surface area contributed by atoms with Gasteiger partial charge < -0.3 is 19.3 Å². The maximum atomic E-state index is 13.8. The molecule has 0 aliphatic carbocycles. The molecule has 5 nitrogen and oxygen atoms in total. The average molecular weight is 847 g/mol. The first-order valence-corrected chi connectivity index (χ1v) is 22.6. The minimum Gasteiger partial charge on any atom is -0.456 e. The maximum absolute atomic E-state index is 13.8. The molecule has 0 atom stereocenters. The van der Waals surface area contributed by atoms with Crippen LogP contribution in [0.3, 0.4) is 0 Å². The van der Waals surface area contributed by atoms with Crippen LogP contribution in [0.1, 0.15) is 49.3 Å². The van der Waals surface area contributed by atoms with Gasteiger partial charge in [0.15, 0.2) is 5.60 Å². The Balaban J connectivity index is 0.913. The molecule has 0 N–H and O–H groups in total. The summed E-state index contributed by atoms with van der Waals surface area (Å²) in [6, 6.07) is 63.2. The van der Waals surface area contributed by atoms with E-state index in [1.807, 2.05) is 24.3 Å². The van der Waals surface area contributed by atoms with Crippen molar-refractivity contribution in [2.75, 3.05) is 9.80 Å². The first kappa shape index (κ1) is 36.0. The minimum absolute atomic E-state index is 0.344. The lowest BCUT2D eigenvalue weighted by Gasteiger charge is -2.36. The van der Waals surface area contributed by atoms with E-state index in [1.54, 1.807) is 22.7 Å². The first-order valence-electron chi connectivity index (χ1n) is 20.9. The van der Waals surface area contributed by atoms with E-state index in [4.69, 9.17) is 9.47 Å². The van der Waals surface area contributed by atoms with Crippen molar-refractivity contribution in [2.45, 2.75) is 5.60 Å². The van der Waals surface area contributed by atoms with E-state index in [2.05, 4.69) is 192 Å². The Morgan fingerprint density at radius 3 is 1.29 bits per heavy atom. The molecule has 1 spiro atoms. The van der Waals surface area contributed by atoms with Gasteiger partial charge in [0.05, 0.1) is 28.3 Å². The van der Waals surface area contributed by atoms with E-state index in [-0.39, 0.29) is 5.97 Å². The van der Waals surface area contributed by atoms with Gasteiger partial charge in [0.1, 0.15) is 21.5 Å². The summed E-state index contributed by atoms with van der Waals surface area (Å²) in [5, 5.41) is 2.21. The molecule has 7 heteroatoms. The van der Waals surface area contributed by atoms with Crippen molar-refractivity contribution < 1.29 is 14.3 Å². The third-order valence-electron chi connectivity index (χ3n) is 12.5. The highest BCUT2D eigenvalue weighted by Crippen LogP contribution is 2.58. The second-order valence-electron chi connectivity index (χ2n) is 16.0. The molecular weight excluding hydrogens is 813 g/mol. The van der Waals surface area contributed by atoms with Gasteiger partial charge in [-0.25, -0.2) is 4.79 Å². The SMILES string of the molecule is O=C1OC2(c3ccc(-c4ccc(N5c6ccccc6C=Cc6ccccc65)s4)cc3Oc3cc(-c4ccc(N5c6ccccc6C=Cc6ccccc65)s4)ccc32)c2ccccc21. The Morgan fingerprint density at radius 2 is 0.825 bits per heavy atom. The third-order valence-corrected chi connectivity index (χ3v) is 14.7. The summed E-state index contributed by atoms with van der Waals surface area (Å²) >= 11 is 3.47. The van der Waals surface area contributed by atoms with E-state index in [1.165, 1.54) is 0 Å². The lowest BCUT2D eigenvalue weighted by atomic mass is 9.77. The van der Waals surface area contributed by atoms with Crippen molar-refractivity contribution in [1.29, 1.82) is 0 Å². The Hall–Kier alpha value is -7.71. The zero-order chi connectivity index (χ0) is 41.6. The highest BCUT2D eigenvalue weighted by molar-refractivity contribution is 7.20. The standard InChI is InChI=1S/C56H34N2O3S2/c59-55-41-15-5-6-16-42(41)56(61-55)43-27-25-39(51-29-31-53(62-51)57-45-17-7-1-11-35(45)21-22-36-12-2-8-18-46(36)57)33-49(43)60-50-34-40(26-28-44(50)56)52-30-32-54(63-52)58-47-19-9-3-13-37(47)23-24-38-14-4-10-20-48(38)58/h1-34H. The molecule has 0 fully saturated rings. The highest BCUT2D eigenvalue weighted by atomic mass is 32.1. The lowest BCUT2D eigenvalue weighted by molar-refractivity contribution is 0.0224. The summed E-state index contributed by atoms with van der Waals surface area (Å²) in [4.78, 5) is 20.7. The second-order valence-corrected chi connectivity index (χ2v) is 18.1. The molecule has 0 radical (unpaired) electrons. The maximum Gasteiger partial charge on any atom is 0.340 e. The zero-order valence-corrected chi connectivity index (χ0v) is 35.2. The van der Waals surface area contributed by atoms with Crippen molar-refractivity contribution in [1.82, 2.24) is 0 Å². The van der Waals surface area contributed by atoms with Crippen LogP contribution >= 0.6 is 22.7 Å². The van der Waals surface area contributed by atoms with Gasteiger partial charge in [0, 0.05) is 26.4 Å². The normalized spacial score (nSPS) is 14.6. The van der Waals surface area contributed by atoms with Gasteiger partial charge in [-0.2, -0.15) is 0 Å². The monoisotopic (exact) mass is 846 g/mol. The molecule has 13 rings (SSSR count). The molecule has 298 valence electrons. The number of thiophene rings is 2. The van der Waals surface area contributed by atoms with Gasteiger partial charge in [-0.05, 0) is 112 Å². The predicted molar refractivity (Wildman–Crippen MR) is 259 cm³/mol. The molecule has 2 aromatic heterocycles. The van der Waals surface area contributed by atoms with E-state index < -0.39 is 5.60 Å². The number of para-hydroxylation sites is 4. The van der Waals surface area contributed by atoms with E-state index in [9.17, 15) is 4.79 Å².